The Balaban J connectivity index is 1.12. The molecule has 26 aliphatic heterocycles. The van der Waals surface area contributed by atoms with Crippen molar-refractivity contribution in [1.29, 1.82) is 0 Å². The summed E-state index contributed by atoms with van der Waals surface area (Å²) < 4.78 is 127. The topological polar surface area (TPSA) is 677 Å². The Morgan fingerprint density at radius 3 is 0.672 bits per heavy atom. The molecule has 0 aromatic rings. The number of carbonyl (C=O) groups excluding carboxylic acids is 5. The van der Waals surface area contributed by atoms with E-state index in [2.05, 4.69) is 0 Å². The molecule has 26 aliphatic rings. The van der Waals surface area contributed by atoms with Gasteiger partial charge in [-0.1, -0.05) is 6.92 Å². The van der Waals surface area contributed by atoms with Crippen molar-refractivity contribution in [3.05, 3.63) is 0 Å². The van der Waals surface area contributed by atoms with Crippen molar-refractivity contribution >= 4 is 138 Å². The number of thioether (sulfide) groups is 8. The van der Waals surface area contributed by atoms with Crippen molar-refractivity contribution in [3.8, 4) is 0 Å². The Kier molecular flexibility index (Phi) is 50.0. The molecule has 26 heterocycles. The molecular formula is C77H124O46S8. The maximum absolute atomic E-state index is 12.6. The minimum absolute atomic E-state index is 0.0114. The van der Waals surface area contributed by atoms with Gasteiger partial charge in [-0.05, 0) is 60.9 Å². The Morgan fingerprint density at radius 2 is 0.450 bits per heavy atom. The van der Waals surface area contributed by atoms with E-state index in [0.717, 1.165) is 77.7 Å². The minimum atomic E-state index is -2.27. The molecule has 756 valence electrons. The zero-order valence-corrected chi connectivity index (χ0v) is 78.0. The van der Waals surface area contributed by atoms with Crippen LogP contribution < -0.4 is 0 Å². The van der Waals surface area contributed by atoms with Gasteiger partial charge in [-0.15, -0.1) is 0 Å². The first-order valence-corrected chi connectivity index (χ1v) is 51.9. The number of aliphatic hydroxyl groups is 16. The molecule has 18 N–H and O–H groups in total. The summed E-state index contributed by atoms with van der Waals surface area (Å²) in [4.78, 5) is 80.6. The molecule has 0 radical (unpaired) electrons. The maximum atomic E-state index is 12.6. The second kappa shape index (κ2) is 58.3. The van der Waals surface area contributed by atoms with Gasteiger partial charge in [0.15, 0.2) is 50.3 Å². The van der Waals surface area contributed by atoms with Gasteiger partial charge in [-0.2, -0.15) is 94.1 Å². The molecule has 0 saturated carbocycles. The largest absolute Gasteiger partial charge is 0.481 e. The quantitative estimate of drug-likeness (QED) is 0.0117. The standard InChI is InChI=1S/C77H124O46S8/c1-3-15-124-24-36-62-47(88)54(95)70(109-36)119-65-40(28-129-20-8-43(82)83)113-74(57(98)50(65)91)121-67-42(30-131-22-10-45(86)103-2)114-75(58(99)51(67)92)120-66-41(29-130-21-9-44(84)85)112-73(56(97)49(66)90)118-64-38(26-127-18-6-13-106-33-80)115-76(60(101)53(64)94)123-69-46(87)35(23-125-16-4-11-104-31-78)108-77(61(69)102)122-68-39(27-128-19-7-14-107-34-81)111-72(59(100)52(68)93)117-63-37(25-126-17-5-12-105-32-79)110-71(116-62)55(96)48(63)89/h31-42,46-77,87-102H,3-30H2,1-2H3,(H,82,83)(H,84,85)/t35?,36?,37?,38?,39?,40?,41?,42?,46-,47-,48-,49-,50-,51-,52-,53-,54?,55?,56?,57?,58?,59?,60?,61?,62-,63-,64-,65-,66-,67-,68-,69+,70-,71-,72-,73-,74-,75-,76-,77+/m1/s1. The number of aliphatic carboxylic acids is 2. The Labute approximate surface area is 787 Å². The molecule has 0 aliphatic carbocycles. The molecule has 0 aromatic heterocycles. The summed E-state index contributed by atoms with van der Waals surface area (Å²) in [5.74, 6) is -3.44. The van der Waals surface area contributed by atoms with Crippen molar-refractivity contribution in [3.63, 3.8) is 0 Å². The summed E-state index contributed by atoms with van der Waals surface area (Å²) in [6.45, 7) is 2.72. The third kappa shape index (κ3) is 32.4. The van der Waals surface area contributed by atoms with Gasteiger partial charge in [0.2, 0.25) is 0 Å². The van der Waals surface area contributed by atoms with Gasteiger partial charge >= 0.3 is 17.9 Å². The van der Waals surface area contributed by atoms with Crippen LogP contribution in [0.1, 0.15) is 58.3 Å². The summed E-state index contributed by atoms with van der Waals surface area (Å²) in [6.07, 6.45) is -76.6. The lowest BCUT2D eigenvalue weighted by Gasteiger charge is -2.50. The van der Waals surface area contributed by atoms with Crippen molar-refractivity contribution in [1.82, 2.24) is 0 Å². The van der Waals surface area contributed by atoms with Crippen LogP contribution in [-0.2, 0) is 133 Å². The van der Waals surface area contributed by atoms with E-state index in [0.29, 0.717) is 12.2 Å². The van der Waals surface area contributed by atoms with Crippen molar-refractivity contribution in [2.45, 2.75) is 304 Å². The molecular weight excluding hydrogens is 1920 g/mol. The number of methoxy groups -OCH3 is 1. The van der Waals surface area contributed by atoms with Gasteiger partial charge < -0.3 is 191 Å². The number of carbonyl (C=O) groups is 7. The predicted molar refractivity (Wildman–Crippen MR) is 461 cm³/mol. The highest BCUT2D eigenvalue weighted by Crippen LogP contribution is 2.43. The van der Waals surface area contributed by atoms with E-state index in [4.69, 9.17) is 99.5 Å². The van der Waals surface area contributed by atoms with E-state index >= 15 is 0 Å². The zero-order valence-electron chi connectivity index (χ0n) is 71.4. The van der Waals surface area contributed by atoms with Crippen molar-refractivity contribution in [2.75, 3.05) is 126 Å². The van der Waals surface area contributed by atoms with Crippen LogP contribution in [0.2, 0.25) is 0 Å². The number of aliphatic hydroxyl groups excluding tert-OH is 16. The number of rotatable bonds is 47. The van der Waals surface area contributed by atoms with Crippen LogP contribution in [0.15, 0.2) is 0 Å². The van der Waals surface area contributed by atoms with Crippen LogP contribution >= 0.6 is 94.1 Å². The monoisotopic (exact) mass is 2040 g/mol. The van der Waals surface area contributed by atoms with Gasteiger partial charge in [-0.3, -0.25) is 33.6 Å². The summed E-state index contributed by atoms with van der Waals surface area (Å²) in [5, 5.41) is 217. The molecule has 54 heteroatoms. The van der Waals surface area contributed by atoms with E-state index < -0.39 is 276 Å². The molecule has 26 saturated heterocycles. The average Bonchev–Trinajstić information content (AvgIpc) is 0.786. The molecule has 131 heavy (non-hydrogen) atoms. The van der Waals surface area contributed by atoms with E-state index in [1.165, 1.54) is 23.5 Å². The molecule has 0 spiro atoms. The first-order chi connectivity index (χ1) is 63.0. The fourth-order valence-corrected chi connectivity index (χ4v) is 23.2. The van der Waals surface area contributed by atoms with Gasteiger partial charge in [0.05, 0.1) is 102 Å². The third-order valence-electron chi connectivity index (χ3n) is 22.1. The van der Waals surface area contributed by atoms with E-state index in [9.17, 15) is 125 Å². The summed E-state index contributed by atoms with van der Waals surface area (Å²) in [6, 6.07) is 0. The summed E-state index contributed by atoms with van der Waals surface area (Å²) in [7, 11) is 1.15. The molecule has 16 unspecified atom stereocenters. The Hall–Kier alpha value is -2.19. The second-order valence-corrected chi connectivity index (χ2v) is 40.7. The highest BCUT2D eigenvalue weighted by Gasteiger charge is 2.61. The minimum Gasteiger partial charge on any atom is -0.481 e. The molecule has 0 amide bonds. The van der Waals surface area contributed by atoms with Crippen LogP contribution in [0.3, 0.4) is 0 Å². The number of carboxylic acids is 2. The lowest BCUT2D eigenvalue weighted by Crippen LogP contribution is -2.68. The number of carboxylic acid groups (broad SMARTS) is 2. The van der Waals surface area contributed by atoms with Gasteiger partial charge in [0, 0.05) is 63.3 Å². The number of hydrogen-bond acceptors (Lipinski definition) is 52. The maximum Gasteiger partial charge on any atom is 0.306 e. The van der Waals surface area contributed by atoms with Crippen molar-refractivity contribution in [2.24, 2.45) is 0 Å². The van der Waals surface area contributed by atoms with Gasteiger partial charge in [0.1, 0.15) is 146 Å². The lowest BCUT2D eigenvalue weighted by atomic mass is 9.95. The normalized spacial score (nSPS) is 40.7. The number of ether oxygens (including phenoxy) is 21. The van der Waals surface area contributed by atoms with Crippen LogP contribution in [0.5, 0.6) is 0 Å². The SMILES string of the molecule is CCCSCC1O[C@@H]2O[C@@H]3C(CSCCC(=O)O)O[C@H](O[C@@H]4C(CSCCC(=O)OC)O[C@H](O[C@@H]5C(CSCCC(=O)O)O[C@H](O[C@@H]6C(CSCCCOC=O)O[C@H](O[C@@H]7C(O)[C@@H](OC(CSCCCOC=O)[C@H]7O)O[C@@H]7C(CSCCCOC=O)O[C@H](O[C@@H]8C(CSCCCOC=O)O[C@H](O[C@H]1[C@H](O)C2O)C(O)[C@H]8O)C(O)[C@H]7O)C(O)[C@H]6O)C(O)[C@H]5O)C(O)[C@H]4O)C(O)[C@H]3O. The Bertz CT molecular complexity index is 3330. The third-order valence-corrected chi connectivity index (χ3v) is 31.1. The molecule has 16 bridgehead atoms. The fraction of sp³-hybridized carbons (Fsp3) is 0.909. The van der Waals surface area contributed by atoms with Gasteiger partial charge in [0.25, 0.3) is 25.9 Å². The van der Waals surface area contributed by atoms with Crippen LogP contribution in [0.4, 0.5) is 0 Å². The van der Waals surface area contributed by atoms with Crippen molar-refractivity contribution < 1.29 is 225 Å². The van der Waals surface area contributed by atoms with Crippen LogP contribution in [0, 0.1) is 0 Å². The molecule has 46 nitrogen and oxygen atoms in total. The molecule has 40 atom stereocenters. The average molecular weight is 2040 g/mol. The van der Waals surface area contributed by atoms with Crippen LogP contribution in [-0.4, -0.2) is 507 Å². The summed E-state index contributed by atoms with van der Waals surface area (Å²) >= 11 is 8.80. The lowest BCUT2D eigenvalue weighted by molar-refractivity contribution is -0.392. The van der Waals surface area contributed by atoms with E-state index in [1.54, 1.807) is 0 Å². The van der Waals surface area contributed by atoms with E-state index in [-0.39, 0.29) is 171 Å². The zero-order chi connectivity index (χ0) is 95.0. The Morgan fingerprint density at radius 1 is 0.252 bits per heavy atom. The molecule has 0 aromatic carbocycles. The predicted octanol–water partition coefficient (Wildman–Crippen LogP) is -6.30. The van der Waals surface area contributed by atoms with Crippen LogP contribution in [0.25, 0.3) is 0 Å². The van der Waals surface area contributed by atoms with E-state index in [1.807, 2.05) is 6.92 Å². The fourth-order valence-electron chi connectivity index (χ4n) is 15.3. The highest BCUT2D eigenvalue weighted by atomic mass is 32.2. The van der Waals surface area contributed by atoms with Gasteiger partial charge in [-0.25, -0.2) is 0 Å². The number of hydrogen-bond donors (Lipinski definition) is 18. The molecule has 26 fully saturated rings. The second-order valence-electron chi connectivity index (χ2n) is 31.5. The summed E-state index contributed by atoms with van der Waals surface area (Å²) in [5.41, 5.74) is 0. The smallest absolute Gasteiger partial charge is 0.306 e. The number of esters is 1. The first-order valence-electron chi connectivity index (χ1n) is 42.7. The highest BCUT2D eigenvalue weighted by molar-refractivity contribution is 8.00. The first kappa shape index (κ1) is 112. The molecule has 26 rings (SSSR count).